The smallest absolute Gasteiger partial charge is 0.0846 e. The molecule has 0 aliphatic carbocycles. The summed E-state index contributed by atoms with van der Waals surface area (Å²) in [7, 11) is -1.50. The Morgan fingerprint density at radius 2 is 1.17 bits per heavy atom. The maximum Gasteiger partial charge on any atom is 0.0846 e. The SMILES string of the molecule is CC(=Nc1c(C(C)C)cccc1C(C)C)c1cccc(C(C)(C[Si](C)(C)C)Nc2c(C(C)C)cccc2C(C)C)n1. The first-order valence-electron chi connectivity index (χ1n) is 15.6. The third kappa shape index (κ3) is 7.97. The summed E-state index contributed by atoms with van der Waals surface area (Å²) in [5.41, 5.74) is 10.4. The van der Waals surface area contributed by atoms with Crippen LogP contribution in [0, 0.1) is 0 Å². The second-order valence-electron chi connectivity index (χ2n) is 14.5. The highest BCUT2D eigenvalue weighted by Crippen LogP contribution is 2.40. The van der Waals surface area contributed by atoms with Crippen LogP contribution in [0.15, 0.2) is 59.6 Å². The van der Waals surface area contributed by atoms with Crippen LogP contribution in [0.25, 0.3) is 0 Å². The van der Waals surface area contributed by atoms with E-state index in [4.69, 9.17) is 9.98 Å². The molecule has 2 aromatic carbocycles. The number of aliphatic imine (C=N–C) groups is 1. The molecule has 0 radical (unpaired) electrons. The molecule has 0 saturated carbocycles. The molecule has 4 heteroatoms. The molecule has 1 atom stereocenters. The van der Waals surface area contributed by atoms with Crippen molar-refractivity contribution in [2.45, 2.75) is 124 Å². The van der Waals surface area contributed by atoms with Gasteiger partial charge in [0.2, 0.25) is 0 Å². The van der Waals surface area contributed by atoms with Crippen molar-refractivity contribution in [2.75, 3.05) is 5.32 Å². The van der Waals surface area contributed by atoms with Crippen LogP contribution < -0.4 is 5.32 Å². The molecule has 0 spiro atoms. The van der Waals surface area contributed by atoms with Crippen molar-refractivity contribution in [3.8, 4) is 0 Å². The number of nitrogens with zero attached hydrogens (tertiary/aromatic N) is 2. The van der Waals surface area contributed by atoms with E-state index < -0.39 is 8.07 Å². The number of hydrogen-bond acceptors (Lipinski definition) is 3. The minimum Gasteiger partial charge on any atom is -0.374 e. The van der Waals surface area contributed by atoms with Gasteiger partial charge < -0.3 is 5.32 Å². The van der Waals surface area contributed by atoms with Gasteiger partial charge in [0.1, 0.15) is 0 Å². The van der Waals surface area contributed by atoms with Crippen LogP contribution in [0.1, 0.15) is 127 Å². The lowest BCUT2D eigenvalue weighted by Crippen LogP contribution is -2.41. The number of nitrogens with one attached hydrogen (secondary N) is 1. The van der Waals surface area contributed by atoms with E-state index in [-0.39, 0.29) is 5.54 Å². The van der Waals surface area contributed by atoms with Gasteiger partial charge in [-0.2, -0.15) is 0 Å². The largest absolute Gasteiger partial charge is 0.374 e. The Hall–Kier alpha value is -2.72. The number of para-hydroxylation sites is 2. The topological polar surface area (TPSA) is 37.3 Å². The lowest BCUT2D eigenvalue weighted by molar-refractivity contribution is 0.573. The fourth-order valence-corrected chi connectivity index (χ4v) is 8.43. The molecule has 0 bridgehead atoms. The van der Waals surface area contributed by atoms with E-state index in [1.165, 1.54) is 27.9 Å². The second-order valence-corrected chi connectivity index (χ2v) is 20.0. The Morgan fingerprint density at radius 1 is 0.732 bits per heavy atom. The molecule has 0 amide bonds. The molecule has 1 N–H and O–H groups in total. The maximum atomic E-state index is 5.35. The Bertz CT molecular complexity index is 1310. The molecule has 0 aliphatic rings. The maximum absolute atomic E-state index is 5.35. The van der Waals surface area contributed by atoms with E-state index in [0.29, 0.717) is 23.7 Å². The van der Waals surface area contributed by atoms with E-state index in [0.717, 1.165) is 28.8 Å². The molecule has 0 saturated heterocycles. The zero-order valence-electron chi connectivity index (χ0n) is 28.1. The molecule has 1 aromatic heterocycles. The van der Waals surface area contributed by atoms with Crippen LogP contribution in [0.5, 0.6) is 0 Å². The molecule has 1 heterocycles. The van der Waals surface area contributed by atoms with E-state index in [1.807, 2.05) is 0 Å². The first-order valence-corrected chi connectivity index (χ1v) is 19.3. The van der Waals surface area contributed by atoms with Gasteiger partial charge in [-0.3, -0.25) is 4.99 Å². The fourth-order valence-electron chi connectivity index (χ4n) is 6.04. The third-order valence-corrected chi connectivity index (χ3v) is 9.73. The number of anilines is 1. The van der Waals surface area contributed by atoms with Gasteiger partial charge in [0.05, 0.1) is 28.3 Å². The molecule has 3 aromatic rings. The summed E-state index contributed by atoms with van der Waals surface area (Å²) in [6, 6.07) is 21.0. The van der Waals surface area contributed by atoms with Crippen molar-refractivity contribution in [2.24, 2.45) is 4.99 Å². The lowest BCUT2D eigenvalue weighted by Gasteiger charge is -2.38. The van der Waals surface area contributed by atoms with Gasteiger partial charge in [-0.1, -0.05) is 117 Å². The molecular weight excluding hydrogens is 515 g/mol. The summed E-state index contributed by atoms with van der Waals surface area (Å²) in [5.74, 6) is 1.66. The van der Waals surface area contributed by atoms with E-state index in [2.05, 4.69) is 149 Å². The van der Waals surface area contributed by atoms with Gasteiger partial charge in [0.15, 0.2) is 0 Å². The summed E-state index contributed by atoms with van der Waals surface area (Å²) in [6.45, 7) is 30.0. The van der Waals surface area contributed by atoms with Crippen LogP contribution in [-0.4, -0.2) is 18.8 Å². The van der Waals surface area contributed by atoms with Crippen molar-refractivity contribution in [1.29, 1.82) is 0 Å². The molecule has 0 aliphatic heterocycles. The van der Waals surface area contributed by atoms with Crippen LogP contribution in [0.4, 0.5) is 11.4 Å². The molecule has 41 heavy (non-hydrogen) atoms. The fraction of sp³-hybridized carbons (Fsp3) is 0.514. The molecule has 3 nitrogen and oxygen atoms in total. The van der Waals surface area contributed by atoms with Gasteiger partial charge in [-0.15, -0.1) is 0 Å². The monoisotopic (exact) mass is 569 g/mol. The molecule has 1 unspecified atom stereocenters. The average molecular weight is 570 g/mol. The van der Waals surface area contributed by atoms with Gasteiger partial charge >= 0.3 is 0 Å². The van der Waals surface area contributed by atoms with Gasteiger partial charge in [-0.05, 0) is 77.9 Å². The Labute approximate surface area is 252 Å². The van der Waals surface area contributed by atoms with Crippen molar-refractivity contribution < 1.29 is 0 Å². The van der Waals surface area contributed by atoms with Crippen LogP contribution in [0.3, 0.4) is 0 Å². The minimum absolute atomic E-state index is 0.311. The number of hydrogen-bond donors (Lipinski definition) is 1. The van der Waals surface area contributed by atoms with Crippen molar-refractivity contribution in [1.82, 2.24) is 4.98 Å². The van der Waals surface area contributed by atoms with Crippen LogP contribution in [0.2, 0.25) is 25.7 Å². The van der Waals surface area contributed by atoms with E-state index in [9.17, 15) is 0 Å². The Morgan fingerprint density at radius 3 is 1.61 bits per heavy atom. The highest BCUT2D eigenvalue weighted by molar-refractivity contribution is 6.76. The summed E-state index contributed by atoms with van der Waals surface area (Å²) in [5, 5.41) is 4.12. The predicted molar refractivity (Wildman–Crippen MR) is 184 cm³/mol. The summed E-state index contributed by atoms with van der Waals surface area (Å²) in [6.07, 6.45) is 0. The molecule has 0 fully saturated rings. The van der Waals surface area contributed by atoms with E-state index >= 15 is 0 Å². The van der Waals surface area contributed by atoms with Crippen molar-refractivity contribution in [3.63, 3.8) is 0 Å². The van der Waals surface area contributed by atoms with Gasteiger partial charge in [0.25, 0.3) is 0 Å². The predicted octanol–water partition coefficient (Wildman–Crippen LogP) is 11.4. The minimum atomic E-state index is -1.50. The summed E-state index contributed by atoms with van der Waals surface area (Å²) in [4.78, 5) is 10.6. The number of pyridine rings is 1. The second kappa shape index (κ2) is 13.1. The summed E-state index contributed by atoms with van der Waals surface area (Å²) < 4.78 is 0. The quantitative estimate of drug-likeness (QED) is 0.184. The van der Waals surface area contributed by atoms with Crippen LogP contribution >= 0.6 is 0 Å². The summed E-state index contributed by atoms with van der Waals surface area (Å²) >= 11 is 0. The van der Waals surface area contributed by atoms with E-state index in [1.54, 1.807) is 0 Å². The Kier molecular flexibility index (Phi) is 10.4. The van der Waals surface area contributed by atoms with Gasteiger partial charge in [0, 0.05) is 13.8 Å². The molecule has 222 valence electrons. The highest BCUT2D eigenvalue weighted by Gasteiger charge is 2.35. The highest BCUT2D eigenvalue weighted by atomic mass is 28.3. The number of rotatable bonds is 11. The zero-order valence-corrected chi connectivity index (χ0v) is 29.1. The zero-order chi connectivity index (χ0) is 30.7. The number of benzene rings is 2. The number of aromatic nitrogens is 1. The lowest BCUT2D eigenvalue weighted by atomic mass is 9.90. The molecular formula is C37H55N3Si. The third-order valence-electron chi connectivity index (χ3n) is 7.96. The standard InChI is InChI=1S/C37H55N3Si/c1-24(2)29-17-14-18-30(25(3)4)35(29)38-28(9)33-21-16-22-34(39-33)37(10,23-41(11,12)13)40-36-31(26(5)6)19-15-20-32(36)27(7)8/h14-22,24-27,40H,23H2,1-13H3. The van der Waals surface area contributed by atoms with Crippen LogP contribution in [-0.2, 0) is 5.54 Å². The normalized spacial score (nSPS) is 14.3. The average Bonchev–Trinajstić information content (AvgIpc) is 2.87. The Balaban J connectivity index is 2.18. The van der Waals surface area contributed by atoms with Crippen molar-refractivity contribution in [3.05, 3.63) is 88.2 Å². The van der Waals surface area contributed by atoms with Gasteiger partial charge in [-0.25, -0.2) is 4.98 Å². The first-order chi connectivity index (χ1) is 19.0. The molecule has 3 rings (SSSR count). The van der Waals surface area contributed by atoms with Crippen molar-refractivity contribution >= 4 is 25.2 Å². The first kappa shape index (κ1) is 32.8.